The minimum absolute atomic E-state index is 0.0114. The van der Waals surface area contributed by atoms with Crippen LogP contribution < -0.4 is 0 Å². The fraction of sp³-hybridized carbons (Fsp3) is 0.696. The van der Waals surface area contributed by atoms with E-state index in [2.05, 4.69) is 6.92 Å². The zero-order valence-corrected chi connectivity index (χ0v) is 18.7. The molecule has 0 radical (unpaired) electrons. The smallest absolute Gasteiger partial charge is 0.249 e. The molecule has 4 rings (SSSR count). The van der Waals surface area contributed by atoms with Crippen LogP contribution in [0.5, 0.6) is 0 Å². The molecule has 2 unspecified atom stereocenters. The molecule has 4 aliphatic rings. The molecule has 8 nitrogen and oxygen atoms in total. The first kappa shape index (κ1) is 22.0. The molecule has 0 bridgehead atoms. The van der Waals surface area contributed by atoms with Crippen LogP contribution in [0.15, 0.2) is 24.3 Å². The average Bonchev–Trinajstić information content (AvgIpc) is 3.07. The van der Waals surface area contributed by atoms with Crippen LogP contribution in [-0.2, 0) is 19.1 Å². The molecule has 4 heterocycles. The molecule has 1 spiro atoms. The van der Waals surface area contributed by atoms with Crippen molar-refractivity contribution in [3.8, 4) is 0 Å². The SMILES string of the molecule is CCCC(C)N1CC=C[C@]23O[C@@H]4C=CCN(C)C(=O)[C@@H]4[C@H]2C(=O)N([C@H](C)CO)C3C1=O. The molecule has 0 aromatic rings. The predicted molar refractivity (Wildman–Crippen MR) is 114 cm³/mol. The lowest BCUT2D eigenvalue weighted by Gasteiger charge is -2.39. The van der Waals surface area contributed by atoms with Crippen molar-refractivity contribution >= 4 is 17.7 Å². The first-order valence-corrected chi connectivity index (χ1v) is 11.3. The topological polar surface area (TPSA) is 90.4 Å². The summed E-state index contributed by atoms with van der Waals surface area (Å²) in [7, 11) is 1.72. The van der Waals surface area contributed by atoms with E-state index in [-0.39, 0.29) is 30.4 Å². The third-order valence-electron chi connectivity index (χ3n) is 7.31. The Morgan fingerprint density at radius 3 is 2.55 bits per heavy atom. The quantitative estimate of drug-likeness (QED) is 0.643. The van der Waals surface area contributed by atoms with Gasteiger partial charge in [0.1, 0.15) is 11.6 Å². The molecule has 0 saturated carbocycles. The molecule has 31 heavy (non-hydrogen) atoms. The Morgan fingerprint density at radius 1 is 1.13 bits per heavy atom. The number of amides is 3. The fourth-order valence-corrected chi connectivity index (χ4v) is 5.75. The van der Waals surface area contributed by atoms with E-state index in [1.807, 2.05) is 31.2 Å². The third kappa shape index (κ3) is 3.14. The number of aliphatic hydroxyl groups excluding tert-OH is 1. The molecule has 7 atom stereocenters. The highest BCUT2D eigenvalue weighted by Gasteiger charge is 2.72. The van der Waals surface area contributed by atoms with E-state index in [0.29, 0.717) is 13.1 Å². The van der Waals surface area contributed by atoms with Gasteiger partial charge in [0.05, 0.1) is 30.6 Å². The standard InChI is InChI=1S/C23H33N3O5/c1-5-8-14(2)25-12-7-10-23-18(17-16(31-23)9-6-11-24(4)20(17)28)21(29)26(15(3)13-27)19(23)22(25)30/h6-7,9-10,14-19,27H,5,8,11-13H2,1-4H3/t14?,15-,16-,17+,18+,19?,23+/m1/s1. The van der Waals surface area contributed by atoms with Crippen molar-refractivity contribution in [2.75, 3.05) is 26.7 Å². The number of rotatable bonds is 5. The molecule has 2 saturated heterocycles. The summed E-state index contributed by atoms with van der Waals surface area (Å²) in [5.41, 5.74) is -1.22. The first-order chi connectivity index (χ1) is 14.8. The number of carbonyl (C=O) groups is 3. The lowest BCUT2D eigenvalue weighted by atomic mass is 9.77. The second-order valence-electron chi connectivity index (χ2n) is 9.30. The van der Waals surface area contributed by atoms with Crippen molar-refractivity contribution in [1.29, 1.82) is 0 Å². The van der Waals surface area contributed by atoms with Gasteiger partial charge in [-0.3, -0.25) is 14.4 Å². The highest BCUT2D eigenvalue weighted by Crippen LogP contribution is 2.53. The van der Waals surface area contributed by atoms with Gasteiger partial charge in [-0.1, -0.05) is 37.6 Å². The molecular formula is C23H33N3O5. The van der Waals surface area contributed by atoms with E-state index in [9.17, 15) is 19.5 Å². The maximum absolute atomic E-state index is 13.9. The minimum atomic E-state index is -1.22. The van der Waals surface area contributed by atoms with E-state index in [1.165, 1.54) is 4.90 Å². The van der Waals surface area contributed by atoms with Crippen LogP contribution >= 0.6 is 0 Å². The van der Waals surface area contributed by atoms with E-state index in [1.54, 1.807) is 23.8 Å². The van der Waals surface area contributed by atoms with E-state index in [4.69, 9.17) is 4.74 Å². The van der Waals surface area contributed by atoms with Gasteiger partial charge in [-0.05, 0) is 20.3 Å². The Bertz CT molecular complexity index is 826. The van der Waals surface area contributed by atoms with Crippen molar-refractivity contribution in [2.24, 2.45) is 11.8 Å². The van der Waals surface area contributed by atoms with Gasteiger partial charge in [0, 0.05) is 26.2 Å². The highest BCUT2D eigenvalue weighted by atomic mass is 16.5. The van der Waals surface area contributed by atoms with Crippen LogP contribution in [0.1, 0.15) is 33.6 Å². The summed E-state index contributed by atoms with van der Waals surface area (Å²) in [6, 6.07) is -1.45. The number of ether oxygens (including phenoxy) is 1. The molecule has 4 aliphatic heterocycles. The van der Waals surface area contributed by atoms with Crippen molar-refractivity contribution in [3.63, 3.8) is 0 Å². The molecular weight excluding hydrogens is 398 g/mol. The Kier molecular flexibility index (Phi) is 5.72. The van der Waals surface area contributed by atoms with Gasteiger partial charge >= 0.3 is 0 Å². The molecule has 3 amide bonds. The monoisotopic (exact) mass is 431 g/mol. The maximum atomic E-state index is 13.9. The minimum Gasteiger partial charge on any atom is -0.394 e. The van der Waals surface area contributed by atoms with E-state index >= 15 is 0 Å². The number of fused-ring (bicyclic) bond motifs is 2. The lowest BCUT2D eigenvalue weighted by Crippen LogP contribution is -2.58. The molecule has 170 valence electrons. The number of likely N-dealkylation sites (N-methyl/N-ethyl adjacent to an activating group) is 1. The number of aliphatic hydroxyl groups is 1. The summed E-state index contributed by atoms with van der Waals surface area (Å²) in [6.07, 6.45) is 8.71. The summed E-state index contributed by atoms with van der Waals surface area (Å²) < 4.78 is 6.50. The van der Waals surface area contributed by atoms with Gasteiger partial charge < -0.3 is 24.5 Å². The molecule has 2 fully saturated rings. The van der Waals surface area contributed by atoms with Gasteiger partial charge in [0.2, 0.25) is 17.7 Å². The molecule has 0 aliphatic carbocycles. The van der Waals surface area contributed by atoms with Gasteiger partial charge in [0.15, 0.2) is 0 Å². The second-order valence-corrected chi connectivity index (χ2v) is 9.30. The Balaban J connectivity index is 1.83. The van der Waals surface area contributed by atoms with Crippen molar-refractivity contribution in [3.05, 3.63) is 24.3 Å². The number of hydrogen-bond acceptors (Lipinski definition) is 5. The fourth-order valence-electron chi connectivity index (χ4n) is 5.75. The number of likely N-dealkylation sites (tertiary alicyclic amines) is 1. The summed E-state index contributed by atoms with van der Waals surface area (Å²) in [5.74, 6) is -2.10. The number of carbonyl (C=O) groups excluding carboxylic acids is 3. The van der Waals surface area contributed by atoms with Crippen LogP contribution in [0.2, 0.25) is 0 Å². The summed E-state index contributed by atoms with van der Waals surface area (Å²) in [4.78, 5) is 45.8. The number of hydrogen-bond donors (Lipinski definition) is 1. The highest BCUT2D eigenvalue weighted by molar-refractivity contribution is 6.00. The Hall–Kier alpha value is -2.19. The Labute approximate surface area is 183 Å². The van der Waals surface area contributed by atoms with Crippen molar-refractivity contribution < 1.29 is 24.2 Å². The summed E-state index contributed by atoms with van der Waals surface area (Å²) in [5, 5.41) is 9.89. The lowest BCUT2D eigenvalue weighted by molar-refractivity contribution is -0.151. The summed E-state index contributed by atoms with van der Waals surface area (Å²) in [6.45, 7) is 6.44. The van der Waals surface area contributed by atoms with Crippen molar-refractivity contribution in [1.82, 2.24) is 14.7 Å². The number of nitrogens with zero attached hydrogens (tertiary/aromatic N) is 3. The average molecular weight is 432 g/mol. The largest absolute Gasteiger partial charge is 0.394 e. The van der Waals surface area contributed by atoms with Gasteiger partial charge in [-0.15, -0.1) is 0 Å². The van der Waals surface area contributed by atoms with Gasteiger partial charge in [-0.2, -0.15) is 0 Å². The molecule has 0 aromatic carbocycles. The van der Waals surface area contributed by atoms with Crippen LogP contribution in [0.3, 0.4) is 0 Å². The molecule has 8 heteroatoms. The predicted octanol–water partition coefficient (Wildman–Crippen LogP) is 0.563. The van der Waals surface area contributed by atoms with Crippen molar-refractivity contribution in [2.45, 2.75) is 63.4 Å². The third-order valence-corrected chi connectivity index (χ3v) is 7.31. The summed E-state index contributed by atoms with van der Waals surface area (Å²) >= 11 is 0. The first-order valence-electron chi connectivity index (χ1n) is 11.3. The van der Waals surface area contributed by atoms with Crippen LogP contribution in [0.25, 0.3) is 0 Å². The zero-order valence-electron chi connectivity index (χ0n) is 18.7. The maximum Gasteiger partial charge on any atom is 0.249 e. The van der Waals surface area contributed by atoms with E-state index in [0.717, 1.165) is 12.8 Å². The van der Waals surface area contributed by atoms with Crippen LogP contribution in [0.4, 0.5) is 0 Å². The van der Waals surface area contributed by atoms with Crippen LogP contribution in [0, 0.1) is 11.8 Å². The molecule has 1 N–H and O–H groups in total. The Morgan fingerprint density at radius 2 is 1.87 bits per heavy atom. The molecule has 0 aromatic heterocycles. The van der Waals surface area contributed by atoms with Crippen LogP contribution in [-0.4, -0.2) is 94.1 Å². The normalized spacial score (nSPS) is 36.8. The second kappa shape index (κ2) is 8.06. The zero-order chi connectivity index (χ0) is 22.5. The van der Waals surface area contributed by atoms with E-state index < -0.39 is 35.6 Å². The van der Waals surface area contributed by atoms with Gasteiger partial charge in [-0.25, -0.2) is 0 Å². The van der Waals surface area contributed by atoms with Gasteiger partial charge in [0.25, 0.3) is 0 Å².